The molecule has 0 atom stereocenters. The first kappa shape index (κ1) is 17.4. The summed E-state index contributed by atoms with van der Waals surface area (Å²) in [6, 6.07) is 3.10. The van der Waals surface area contributed by atoms with E-state index in [-0.39, 0.29) is 0 Å². The summed E-state index contributed by atoms with van der Waals surface area (Å²) in [5, 5.41) is 0. The number of hydrogen-bond acceptors (Lipinski definition) is 1. The highest BCUT2D eigenvalue weighted by molar-refractivity contribution is 6.95. The van der Waals surface area contributed by atoms with Gasteiger partial charge in [-0.3, -0.25) is 0 Å². The van der Waals surface area contributed by atoms with Crippen molar-refractivity contribution in [2.75, 3.05) is 6.54 Å². The summed E-state index contributed by atoms with van der Waals surface area (Å²) in [7, 11) is -2.07. The summed E-state index contributed by atoms with van der Waals surface area (Å²) in [5.74, 6) is 0. The van der Waals surface area contributed by atoms with Crippen LogP contribution < -0.4 is 0 Å². The van der Waals surface area contributed by atoms with Crippen LogP contribution in [0.25, 0.3) is 0 Å². The zero-order chi connectivity index (χ0) is 14.7. The van der Waals surface area contributed by atoms with Crippen LogP contribution in [0.1, 0.15) is 52.9 Å². The predicted molar refractivity (Wildman–Crippen MR) is 93.8 cm³/mol. The van der Waals surface area contributed by atoms with E-state index in [2.05, 4.69) is 51.2 Å². The molecule has 0 aromatic carbocycles. The van der Waals surface area contributed by atoms with E-state index in [1.165, 1.54) is 38.6 Å². The lowest BCUT2D eigenvalue weighted by molar-refractivity contribution is 0.219. The molecule has 0 spiro atoms. The molecule has 0 aromatic heterocycles. The summed E-state index contributed by atoms with van der Waals surface area (Å²) in [5.41, 5.74) is 0.636. The zero-order valence-electron chi connectivity index (χ0n) is 14.6. The van der Waals surface area contributed by atoms with Crippen molar-refractivity contribution in [2.24, 2.45) is 5.41 Å². The van der Waals surface area contributed by atoms with Crippen LogP contribution in [0, 0.1) is 5.41 Å². The van der Waals surface area contributed by atoms with E-state index in [0.29, 0.717) is 5.41 Å². The van der Waals surface area contributed by atoms with Crippen LogP contribution in [-0.2, 0) is 0 Å². The van der Waals surface area contributed by atoms with Gasteiger partial charge in [0.25, 0.3) is 0 Å². The van der Waals surface area contributed by atoms with Crippen LogP contribution in [0.3, 0.4) is 0 Å². The third-order valence-electron chi connectivity index (χ3n) is 6.15. The molecule has 1 rings (SSSR count). The number of nitrogens with zero attached hydrogens (tertiary/aromatic N) is 1. The fourth-order valence-corrected chi connectivity index (χ4v) is 18.4. The fourth-order valence-electron chi connectivity index (χ4n) is 4.20. The van der Waals surface area contributed by atoms with Crippen molar-refractivity contribution in [3.05, 3.63) is 0 Å². The Morgan fingerprint density at radius 1 is 0.842 bits per heavy atom. The largest absolute Gasteiger partial charge is 0.345 e. The van der Waals surface area contributed by atoms with Crippen LogP contribution in [0.15, 0.2) is 0 Å². The van der Waals surface area contributed by atoms with E-state index in [1.807, 2.05) is 0 Å². The zero-order valence-corrected chi connectivity index (χ0v) is 16.6. The maximum Gasteiger partial charge on any atom is 0.115 e. The molecule has 0 N–H and O–H groups in total. The van der Waals surface area contributed by atoms with Crippen LogP contribution in [0.2, 0.25) is 38.3 Å². The maximum absolute atomic E-state index is 3.05. The molecule has 1 saturated heterocycles. The Morgan fingerprint density at radius 3 is 1.63 bits per heavy atom. The Balaban J connectivity index is 2.57. The van der Waals surface area contributed by atoms with Gasteiger partial charge in [0.05, 0.1) is 0 Å². The maximum atomic E-state index is 3.05. The van der Waals surface area contributed by atoms with E-state index < -0.39 is 16.5 Å². The standard InChI is InChI=1S/C16H37NSi2/c1-8-16(9-2,10-3)12-11-13-17-18(4,5)14-15-19(17,6)7/h8-15H2,1-7H3. The molecular formula is C16H37NSi2. The van der Waals surface area contributed by atoms with E-state index in [9.17, 15) is 0 Å². The van der Waals surface area contributed by atoms with E-state index in [4.69, 9.17) is 0 Å². The second-order valence-corrected chi connectivity index (χ2v) is 17.7. The molecule has 0 unspecified atom stereocenters. The number of hydrogen-bond donors (Lipinski definition) is 0. The highest BCUT2D eigenvalue weighted by Gasteiger charge is 2.46. The van der Waals surface area contributed by atoms with Gasteiger partial charge in [-0.2, -0.15) is 0 Å². The topological polar surface area (TPSA) is 3.24 Å². The predicted octanol–water partition coefficient (Wildman–Crippen LogP) is 5.71. The van der Waals surface area contributed by atoms with Crippen molar-refractivity contribution in [1.82, 2.24) is 4.23 Å². The Bertz CT molecular complexity index is 258. The lowest BCUT2D eigenvalue weighted by Gasteiger charge is -2.40. The second-order valence-electron chi connectivity index (χ2n) is 7.94. The molecule has 0 aromatic rings. The Hall–Kier alpha value is 0.394. The smallest absolute Gasteiger partial charge is 0.115 e. The van der Waals surface area contributed by atoms with Crippen molar-refractivity contribution < 1.29 is 0 Å². The molecule has 1 heterocycles. The number of rotatable bonds is 7. The third kappa shape index (κ3) is 3.95. The van der Waals surface area contributed by atoms with E-state index in [1.54, 1.807) is 12.1 Å². The van der Waals surface area contributed by atoms with Gasteiger partial charge in [-0.15, -0.1) is 0 Å². The van der Waals surface area contributed by atoms with Crippen LogP contribution in [0.5, 0.6) is 0 Å². The second kappa shape index (κ2) is 6.44. The highest BCUT2D eigenvalue weighted by atomic mass is 28.4. The van der Waals surface area contributed by atoms with Gasteiger partial charge in [0.2, 0.25) is 0 Å². The first-order valence-electron chi connectivity index (χ1n) is 8.51. The van der Waals surface area contributed by atoms with Crippen molar-refractivity contribution in [3.8, 4) is 0 Å². The normalized spacial score (nSPS) is 22.9. The fraction of sp³-hybridized carbons (Fsp3) is 1.00. The summed E-state index contributed by atoms with van der Waals surface area (Å²) in [6.45, 7) is 19.0. The van der Waals surface area contributed by atoms with Gasteiger partial charge in [0.15, 0.2) is 0 Å². The lowest BCUT2D eigenvalue weighted by Crippen LogP contribution is -2.55. The first-order valence-corrected chi connectivity index (χ1v) is 14.8. The van der Waals surface area contributed by atoms with Crippen LogP contribution >= 0.6 is 0 Å². The van der Waals surface area contributed by atoms with Gasteiger partial charge in [-0.1, -0.05) is 66.2 Å². The van der Waals surface area contributed by atoms with E-state index in [0.717, 1.165) is 0 Å². The Labute approximate surface area is 124 Å². The minimum absolute atomic E-state index is 0.636. The average molecular weight is 300 g/mol. The molecule has 0 aliphatic carbocycles. The molecule has 0 saturated carbocycles. The first-order chi connectivity index (χ1) is 8.73. The van der Waals surface area contributed by atoms with Crippen LogP contribution in [-0.4, -0.2) is 27.2 Å². The monoisotopic (exact) mass is 299 g/mol. The van der Waals surface area contributed by atoms with Crippen LogP contribution in [0.4, 0.5) is 0 Å². The minimum atomic E-state index is -1.04. The summed E-state index contributed by atoms with van der Waals surface area (Å²) < 4.78 is 3.05. The Kier molecular flexibility index (Phi) is 5.91. The van der Waals surface area contributed by atoms with Gasteiger partial charge in [0.1, 0.15) is 16.5 Å². The summed E-state index contributed by atoms with van der Waals surface area (Å²) in [6.07, 6.45) is 6.97. The molecular weight excluding hydrogens is 262 g/mol. The van der Waals surface area contributed by atoms with Crippen molar-refractivity contribution in [2.45, 2.75) is 91.2 Å². The lowest BCUT2D eigenvalue weighted by atomic mass is 9.76. The summed E-state index contributed by atoms with van der Waals surface area (Å²) in [4.78, 5) is 0. The quantitative estimate of drug-likeness (QED) is 0.544. The molecule has 1 fully saturated rings. The molecule has 114 valence electrons. The SMILES string of the molecule is CCC(CC)(CC)CCCN1[Si](C)(C)CC[Si]1(C)C. The molecule has 1 aliphatic heterocycles. The Morgan fingerprint density at radius 2 is 1.26 bits per heavy atom. The third-order valence-corrected chi connectivity index (χ3v) is 16.6. The van der Waals surface area contributed by atoms with Gasteiger partial charge in [-0.05, 0) is 36.9 Å². The molecule has 3 heteroatoms. The molecule has 0 amide bonds. The van der Waals surface area contributed by atoms with Gasteiger partial charge in [0, 0.05) is 0 Å². The highest BCUT2D eigenvalue weighted by Crippen LogP contribution is 2.39. The summed E-state index contributed by atoms with van der Waals surface area (Å²) >= 11 is 0. The van der Waals surface area contributed by atoms with E-state index >= 15 is 0 Å². The molecule has 0 bridgehead atoms. The van der Waals surface area contributed by atoms with Crippen molar-refractivity contribution in [1.29, 1.82) is 0 Å². The van der Waals surface area contributed by atoms with Crippen molar-refractivity contribution >= 4 is 16.5 Å². The van der Waals surface area contributed by atoms with Gasteiger partial charge < -0.3 is 4.23 Å². The van der Waals surface area contributed by atoms with Crippen molar-refractivity contribution in [3.63, 3.8) is 0 Å². The molecule has 19 heavy (non-hydrogen) atoms. The molecule has 1 nitrogen and oxygen atoms in total. The van der Waals surface area contributed by atoms with Gasteiger partial charge in [-0.25, -0.2) is 0 Å². The molecule has 1 aliphatic rings. The average Bonchev–Trinajstić information content (AvgIpc) is 2.57. The molecule has 0 radical (unpaired) electrons. The van der Waals surface area contributed by atoms with Gasteiger partial charge >= 0.3 is 0 Å². The minimum Gasteiger partial charge on any atom is -0.345 e.